The summed E-state index contributed by atoms with van der Waals surface area (Å²) in [5, 5.41) is 4.06. The standard InChI is InChI=1S/C18H18N2O/c1-12-7-6-10-15-17(12)20-13(2)16(18(15)21)11-19-14-8-4-3-5-9-14/h3-10,19H,11H2,1-2H3,(H,20,21). The molecule has 0 aliphatic heterocycles. The van der Waals surface area contributed by atoms with Crippen LogP contribution in [0.3, 0.4) is 0 Å². The van der Waals surface area contributed by atoms with Gasteiger partial charge in [-0.1, -0.05) is 30.3 Å². The Bertz CT molecular complexity index is 835. The van der Waals surface area contributed by atoms with E-state index in [2.05, 4.69) is 10.3 Å². The van der Waals surface area contributed by atoms with Crippen molar-refractivity contribution >= 4 is 16.6 Å². The highest BCUT2D eigenvalue weighted by molar-refractivity contribution is 5.82. The van der Waals surface area contributed by atoms with Gasteiger partial charge in [0.1, 0.15) is 0 Å². The molecule has 3 rings (SSSR count). The van der Waals surface area contributed by atoms with Gasteiger partial charge in [-0.2, -0.15) is 0 Å². The Hall–Kier alpha value is -2.55. The average molecular weight is 278 g/mol. The van der Waals surface area contributed by atoms with E-state index in [0.29, 0.717) is 6.54 Å². The molecule has 2 N–H and O–H groups in total. The lowest BCUT2D eigenvalue weighted by molar-refractivity contribution is 1.06. The van der Waals surface area contributed by atoms with Crippen LogP contribution in [-0.2, 0) is 6.54 Å². The van der Waals surface area contributed by atoms with Gasteiger partial charge < -0.3 is 10.3 Å². The lowest BCUT2D eigenvalue weighted by Crippen LogP contribution is -2.17. The van der Waals surface area contributed by atoms with Crippen molar-refractivity contribution < 1.29 is 0 Å². The quantitative estimate of drug-likeness (QED) is 0.766. The highest BCUT2D eigenvalue weighted by atomic mass is 16.1. The van der Waals surface area contributed by atoms with Crippen LogP contribution in [-0.4, -0.2) is 4.98 Å². The number of benzene rings is 2. The third-order valence-corrected chi connectivity index (χ3v) is 3.80. The summed E-state index contributed by atoms with van der Waals surface area (Å²) in [6.07, 6.45) is 0. The maximum atomic E-state index is 12.7. The number of aromatic nitrogens is 1. The Kier molecular flexibility index (Phi) is 3.48. The number of pyridine rings is 1. The van der Waals surface area contributed by atoms with E-state index in [1.165, 1.54) is 0 Å². The number of nitrogens with one attached hydrogen (secondary N) is 2. The van der Waals surface area contributed by atoms with E-state index in [-0.39, 0.29) is 5.43 Å². The van der Waals surface area contributed by atoms with Crippen LogP contribution in [0.4, 0.5) is 5.69 Å². The van der Waals surface area contributed by atoms with Crippen molar-refractivity contribution in [3.05, 3.63) is 75.6 Å². The lowest BCUT2D eigenvalue weighted by Gasteiger charge is -2.11. The molecule has 106 valence electrons. The van der Waals surface area contributed by atoms with E-state index in [4.69, 9.17) is 0 Å². The van der Waals surface area contributed by atoms with Gasteiger partial charge in [-0.15, -0.1) is 0 Å². The third-order valence-electron chi connectivity index (χ3n) is 3.80. The van der Waals surface area contributed by atoms with Gasteiger partial charge in [0.2, 0.25) is 0 Å². The molecular formula is C18H18N2O. The number of aromatic amines is 1. The van der Waals surface area contributed by atoms with Crippen LogP contribution in [0.25, 0.3) is 10.9 Å². The Morgan fingerprint density at radius 1 is 1.00 bits per heavy atom. The maximum absolute atomic E-state index is 12.7. The van der Waals surface area contributed by atoms with Crippen LogP contribution in [0.2, 0.25) is 0 Å². The first-order valence-corrected chi connectivity index (χ1v) is 7.07. The number of anilines is 1. The normalized spacial score (nSPS) is 10.8. The van der Waals surface area contributed by atoms with Gasteiger partial charge in [-0.05, 0) is 37.6 Å². The first-order chi connectivity index (χ1) is 10.2. The molecule has 0 saturated heterocycles. The van der Waals surface area contributed by atoms with Crippen molar-refractivity contribution in [2.75, 3.05) is 5.32 Å². The zero-order chi connectivity index (χ0) is 14.8. The summed E-state index contributed by atoms with van der Waals surface area (Å²) in [5.41, 5.74) is 4.86. The second-order valence-electron chi connectivity index (χ2n) is 5.27. The molecule has 0 unspecified atom stereocenters. The molecule has 21 heavy (non-hydrogen) atoms. The smallest absolute Gasteiger partial charge is 0.194 e. The van der Waals surface area contributed by atoms with Crippen molar-refractivity contribution in [3.8, 4) is 0 Å². The van der Waals surface area contributed by atoms with E-state index in [9.17, 15) is 4.79 Å². The van der Waals surface area contributed by atoms with E-state index < -0.39 is 0 Å². The first-order valence-electron chi connectivity index (χ1n) is 7.07. The summed E-state index contributed by atoms with van der Waals surface area (Å²) < 4.78 is 0. The molecule has 0 radical (unpaired) electrons. The molecule has 2 aromatic carbocycles. The molecule has 1 aromatic heterocycles. The Balaban J connectivity index is 2.01. The van der Waals surface area contributed by atoms with Gasteiger partial charge >= 0.3 is 0 Å². The Labute approximate surface area is 123 Å². The zero-order valence-electron chi connectivity index (χ0n) is 12.2. The highest BCUT2D eigenvalue weighted by Gasteiger charge is 2.10. The zero-order valence-corrected chi connectivity index (χ0v) is 12.2. The SMILES string of the molecule is Cc1[nH]c2c(C)cccc2c(=O)c1CNc1ccccc1. The van der Waals surface area contributed by atoms with E-state index in [1.54, 1.807) is 0 Å². The van der Waals surface area contributed by atoms with Gasteiger partial charge in [-0.3, -0.25) is 4.79 Å². The number of hydrogen-bond acceptors (Lipinski definition) is 2. The number of rotatable bonds is 3. The van der Waals surface area contributed by atoms with Gasteiger partial charge in [0.15, 0.2) is 5.43 Å². The molecule has 0 bridgehead atoms. The fraction of sp³-hybridized carbons (Fsp3) is 0.167. The van der Waals surface area contributed by atoms with Crippen LogP contribution < -0.4 is 10.7 Å². The largest absolute Gasteiger partial charge is 0.381 e. The minimum absolute atomic E-state index is 0.105. The number of aryl methyl sites for hydroxylation is 2. The molecule has 1 heterocycles. The summed E-state index contributed by atoms with van der Waals surface area (Å²) >= 11 is 0. The molecule has 0 aliphatic rings. The second kappa shape index (κ2) is 5.44. The summed E-state index contributed by atoms with van der Waals surface area (Å²) in [5.74, 6) is 0. The predicted octanol–water partition coefficient (Wildman–Crippen LogP) is 3.76. The maximum Gasteiger partial charge on any atom is 0.194 e. The Morgan fingerprint density at radius 3 is 2.52 bits per heavy atom. The summed E-state index contributed by atoms with van der Waals surface area (Å²) in [6.45, 7) is 4.49. The van der Waals surface area contributed by atoms with Crippen molar-refractivity contribution in [2.45, 2.75) is 20.4 Å². The van der Waals surface area contributed by atoms with E-state index in [0.717, 1.165) is 33.4 Å². The number of fused-ring (bicyclic) bond motifs is 1. The van der Waals surface area contributed by atoms with Gasteiger partial charge in [-0.25, -0.2) is 0 Å². The minimum Gasteiger partial charge on any atom is -0.381 e. The molecule has 0 saturated carbocycles. The fourth-order valence-electron chi connectivity index (χ4n) is 2.58. The van der Waals surface area contributed by atoms with Crippen molar-refractivity contribution in [2.24, 2.45) is 0 Å². The van der Waals surface area contributed by atoms with Crippen LogP contribution in [0, 0.1) is 13.8 Å². The predicted molar refractivity (Wildman–Crippen MR) is 87.8 cm³/mol. The minimum atomic E-state index is 0.105. The second-order valence-corrected chi connectivity index (χ2v) is 5.27. The third kappa shape index (κ3) is 2.55. The molecular weight excluding hydrogens is 260 g/mol. The Morgan fingerprint density at radius 2 is 1.76 bits per heavy atom. The van der Waals surface area contributed by atoms with Crippen molar-refractivity contribution in [1.29, 1.82) is 0 Å². The van der Waals surface area contributed by atoms with Gasteiger partial charge in [0, 0.05) is 28.9 Å². The molecule has 0 amide bonds. The molecule has 3 heteroatoms. The van der Waals surface area contributed by atoms with Crippen LogP contribution >= 0.6 is 0 Å². The van der Waals surface area contributed by atoms with Crippen LogP contribution in [0.5, 0.6) is 0 Å². The molecule has 0 aliphatic carbocycles. The molecule has 0 atom stereocenters. The van der Waals surface area contributed by atoms with E-state index in [1.807, 2.05) is 62.4 Å². The van der Waals surface area contributed by atoms with Gasteiger partial charge in [0.25, 0.3) is 0 Å². The molecule has 3 aromatic rings. The van der Waals surface area contributed by atoms with Crippen LogP contribution in [0.15, 0.2) is 53.3 Å². The highest BCUT2D eigenvalue weighted by Crippen LogP contribution is 2.16. The fourth-order valence-corrected chi connectivity index (χ4v) is 2.58. The average Bonchev–Trinajstić information content (AvgIpc) is 2.49. The van der Waals surface area contributed by atoms with Crippen molar-refractivity contribution in [1.82, 2.24) is 4.98 Å². The number of para-hydroxylation sites is 2. The summed E-state index contributed by atoms with van der Waals surface area (Å²) in [6, 6.07) is 15.7. The van der Waals surface area contributed by atoms with Crippen molar-refractivity contribution in [3.63, 3.8) is 0 Å². The molecule has 0 spiro atoms. The lowest BCUT2D eigenvalue weighted by atomic mass is 10.1. The van der Waals surface area contributed by atoms with E-state index >= 15 is 0 Å². The molecule has 0 fully saturated rings. The monoisotopic (exact) mass is 278 g/mol. The van der Waals surface area contributed by atoms with Crippen LogP contribution in [0.1, 0.15) is 16.8 Å². The van der Waals surface area contributed by atoms with Gasteiger partial charge in [0.05, 0.1) is 5.52 Å². The first kappa shape index (κ1) is 13.4. The molecule has 3 nitrogen and oxygen atoms in total. The summed E-state index contributed by atoms with van der Waals surface area (Å²) in [4.78, 5) is 16.0. The number of hydrogen-bond donors (Lipinski definition) is 2. The summed E-state index contributed by atoms with van der Waals surface area (Å²) in [7, 11) is 0. The topological polar surface area (TPSA) is 44.9 Å². The number of H-pyrrole nitrogens is 1.